The summed E-state index contributed by atoms with van der Waals surface area (Å²) < 4.78 is 7.82. The van der Waals surface area contributed by atoms with Crippen LogP contribution in [0.2, 0.25) is 0 Å². The highest BCUT2D eigenvalue weighted by Crippen LogP contribution is 2.20. The number of aromatic hydroxyl groups is 1. The van der Waals surface area contributed by atoms with Gasteiger partial charge < -0.3 is 24.8 Å². The van der Waals surface area contributed by atoms with Gasteiger partial charge in [-0.2, -0.15) is 0 Å². The maximum absolute atomic E-state index is 9.27. The molecule has 208 valence electrons. The van der Waals surface area contributed by atoms with Gasteiger partial charge in [-0.25, -0.2) is 4.98 Å². The third-order valence-corrected chi connectivity index (χ3v) is 5.75. The van der Waals surface area contributed by atoms with Crippen LogP contribution >= 0.6 is 0 Å². The summed E-state index contributed by atoms with van der Waals surface area (Å²) in [7, 11) is 2.00. The minimum atomic E-state index is 0.0558. The van der Waals surface area contributed by atoms with Crippen molar-refractivity contribution < 1.29 is 14.9 Å². The number of hydrogen-bond donors (Lipinski definition) is 3. The van der Waals surface area contributed by atoms with Gasteiger partial charge in [-0.1, -0.05) is 33.8 Å². The minimum Gasteiger partial charge on any atom is -0.506 e. The highest BCUT2D eigenvalue weighted by Gasteiger charge is 2.21. The van der Waals surface area contributed by atoms with Crippen LogP contribution in [0.25, 0.3) is 11.0 Å². The Labute approximate surface area is 223 Å². The quantitative estimate of drug-likeness (QED) is 0.377. The minimum absolute atomic E-state index is 0.0558. The number of fused-ring (bicyclic) bond motifs is 1. The molecule has 1 aromatic carbocycles. The molecule has 1 aliphatic rings. The first kappa shape index (κ1) is 32.3. The number of aryl methyl sites for hydroxylation is 3. The van der Waals surface area contributed by atoms with Gasteiger partial charge in [-0.05, 0) is 63.9 Å². The number of morpholine rings is 1. The molecular formula is C29H49N5O3. The van der Waals surface area contributed by atoms with E-state index in [9.17, 15) is 5.11 Å². The molecule has 37 heavy (non-hydrogen) atoms. The second-order valence-electron chi connectivity index (χ2n) is 8.83. The number of hydrogen-bond acceptors (Lipinski definition) is 7. The van der Waals surface area contributed by atoms with E-state index in [4.69, 9.17) is 9.84 Å². The summed E-state index contributed by atoms with van der Waals surface area (Å²) in [5.74, 6) is 1.14. The molecule has 1 saturated heterocycles. The summed E-state index contributed by atoms with van der Waals surface area (Å²) in [5.41, 5.74) is 4.53. The van der Waals surface area contributed by atoms with Crippen LogP contribution in [0.5, 0.6) is 5.75 Å². The molecule has 0 amide bonds. The monoisotopic (exact) mass is 515 g/mol. The number of aromatic nitrogens is 3. The Kier molecular flexibility index (Phi) is 14.8. The third-order valence-electron chi connectivity index (χ3n) is 5.75. The van der Waals surface area contributed by atoms with Gasteiger partial charge in [0.05, 0.1) is 35.5 Å². The molecule has 1 aliphatic heterocycles. The number of benzene rings is 1. The molecule has 0 aliphatic carbocycles. The molecule has 0 unspecified atom stereocenters. The van der Waals surface area contributed by atoms with E-state index in [1.807, 2.05) is 64.4 Å². The SMILES string of the molecule is CC.CC.C[C@@H]1CN(CCCNc2nc3ccc(CO)cc3n2C)C[C@H](C)O1.Cc1ccc(O)c(C)n1. The van der Waals surface area contributed by atoms with Crippen molar-refractivity contribution in [2.24, 2.45) is 7.05 Å². The number of ether oxygens (including phenoxy) is 1. The van der Waals surface area contributed by atoms with Crippen LogP contribution in [-0.2, 0) is 18.4 Å². The molecule has 4 rings (SSSR count). The Hall–Kier alpha value is -2.68. The van der Waals surface area contributed by atoms with Gasteiger partial charge >= 0.3 is 0 Å². The molecule has 1 fully saturated rings. The number of aliphatic hydroxyl groups excluding tert-OH is 1. The van der Waals surface area contributed by atoms with Crippen LogP contribution in [0.3, 0.4) is 0 Å². The lowest BCUT2D eigenvalue weighted by atomic mass is 10.2. The van der Waals surface area contributed by atoms with E-state index >= 15 is 0 Å². The Morgan fingerprint density at radius 2 is 1.65 bits per heavy atom. The number of nitrogens with zero attached hydrogens (tertiary/aromatic N) is 4. The smallest absolute Gasteiger partial charge is 0.203 e. The van der Waals surface area contributed by atoms with Crippen molar-refractivity contribution in [2.45, 2.75) is 80.6 Å². The zero-order valence-electron chi connectivity index (χ0n) is 24.4. The third kappa shape index (κ3) is 10.3. The Balaban J connectivity index is 0.000000440. The number of imidazole rings is 1. The molecule has 3 aromatic rings. The Morgan fingerprint density at radius 3 is 2.22 bits per heavy atom. The molecule has 0 bridgehead atoms. The highest BCUT2D eigenvalue weighted by molar-refractivity contribution is 5.79. The number of aliphatic hydroxyl groups is 1. The molecular weight excluding hydrogens is 466 g/mol. The average Bonchev–Trinajstić information content (AvgIpc) is 3.21. The number of rotatable bonds is 6. The summed E-state index contributed by atoms with van der Waals surface area (Å²) >= 11 is 0. The molecule has 2 aromatic heterocycles. The summed E-state index contributed by atoms with van der Waals surface area (Å²) in [6.45, 7) is 20.0. The molecule has 0 saturated carbocycles. The molecule has 0 spiro atoms. The van der Waals surface area contributed by atoms with E-state index in [-0.39, 0.29) is 12.4 Å². The fourth-order valence-electron chi connectivity index (χ4n) is 4.14. The normalized spacial score (nSPS) is 17.0. The maximum atomic E-state index is 9.27. The van der Waals surface area contributed by atoms with Crippen LogP contribution in [0, 0.1) is 13.8 Å². The van der Waals surface area contributed by atoms with E-state index in [1.165, 1.54) is 0 Å². The first-order chi connectivity index (χ1) is 17.8. The predicted molar refractivity (Wildman–Crippen MR) is 154 cm³/mol. The summed E-state index contributed by atoms with van der Waals surface area (Å²) in [6, 6.07) is 9.30. The lowest BCUT2D eigenvalue weighted by molar-refractivity contribution is -0.0678. The van der Waals surface area contributed by atoms with Crippen molar-refractivity contribution >= 4 is 17.0 Å². The summed E-state index contributed by atoms with van der Waals surface area (Å²) in [5, 5.41) is 21.7. The first-order valence-electron chi connectivity index (χ1n) is 13.6. The molecule has 8 heteroatoms. The first-order valence-corrected chi connectivity index (χ1v) is 13.6. The van der Waals surface area contributed by atoms with Gasteiger partial charge in [0.15, 0.2) is 0 Å². The summed E-state index contributed by atoms with van der Waals surface area (Å²) in [6.07, 6.45) is 1.72. The Morgan fingerprint density at radius 1 is 1.00 bits per heavy atom. The fourth-order valence-corrected chi connectivity index (χ4v) is 4.14. The van der Waals surface area contributed by atoms with Gasteiger partial charge in [0, 0.05) is 38.9 Å². The van der Waals surface area contributed by atoms with E-state index in [1.54, 1.807) is 19.1 Å². The van der Waals surface area contributed by atoms with E-state index in [2.05, 4.69) is 34.0 Å². The fraction of sp³-hybridized carbons (Fsp3) is 0.586. The topological polar surface area (TPSA) is 95.7 Å². The van der Waals surface area contributed by atoms with Gasteiger partial charge in [-0.3, -0.25) is 9.88 Å². The number of pyridine rings is 1. The van der Waals surface area contributed by atoms with Crippen molar-refractivity contribution in [3.63, 3.8) is 0 Å². The molecule has 2 atom stereocenters. The van der Waals surface area contributed by atoms with Gasteiger partial charge in [0.1, 0.15) is 5.75 Å². The second-order valence-corrected chi connectivity index (χ2v) is 8.83. The maximum Gasteiger partial charge on any atom is 0.203 e. The van der Waals surface area contributed by atoms with Gasteiger partial charge in [0.2, 0.25) is 5.95 Å². The number of nitrogens with one attached hydrogen (secondary N) is 1. The average molecular weight is 516 g/mol. The lowest BCUT2D eigenvalue weighted by Gasteiger charge is -2.35. The van der Waals surface area contributed by atoms with Crippen molar-refractivity contribution in [2.75, 3.05) is 31.5 Å². The standard InChI is InChI=1S/C18H28N4O2.C7H9NO.2C2H6/c1-13-10-22(11-14(2)24-13)8-4-7-19-18-20-16-6-5-15(12-23)9-17(16)21(18)3;1-5-3-4-7(9)6(2)8-5;2*1-2/h5-6,9,13-14,23H,4,7-8,10-12H2,1-3H3,(H,19,20);3-4,9H,1-2H3;2*1-2H3/t13-,14+;;;. The van der Waals surface area contributed by atoms with Crippen LogP contribution in [0.15, 0.2) is 30.3 Å². The Bertz CT molecular complexity index is 1040. The van der Waals surface area contributed by atoms with Crippen LogP contribution < -0.4 is 5.32 Å². The van der Waals surface area contributed by atoms with E-state index < -0.39 is 0 Å². The van der Waals surface area contributed by atoms with E-state index in [0.29, 0.717) is 17.9 Å². The van der Waals surface area contributed by atoms with Crippen molar-refractivity contribution in [3.05, 3.63) is 47.3 Å². The second kappa shape index (κ2) is 16.9. The molecule has 0 radical (unpaired) electrons. The molecule has 8 nitrogen and oxygen atoms in total. The van der Waals surface area contributed by atoms with Crippen LogP contribution in [0.4, 0.5) is 5.95 Å². The number of anilines is 1. The largest absolute Gasteiger partial charge is 0.506 e. The zero-order valence-corrected chi connectivity index (χ0v) is 24.4. The van der Waals surface area contributed by atoms with E-state index in [0.717, 1.165) is 60.8 Å². The lowest BCUT2D eigenvalue weighted by Crippen LogP contribution is -2.45. The van der Waals surface area contributed by atoms with Crippen molar-refractivity contribution in [1.82, 2.24) is 19.4 Å². The van der Waals surface area contributed by atoms with Crippen molar-refractivity contribution in [3.8, 4) is 5.75 Å². The predicted octanol–water partition coefficient (Wildman–Crippen LogP) is 5.43. The van der Waals surface area contributed by atoms with Gasteiger partial charge in [0.25, 0.3) is 0 Å². The van der Waals surface area contributed by atoms with Crippen LogP contribution in [-0.4, -0.2) is 68.0 Å². The highest BCUT2D eigenvalue weighted by atomic mass is 16.5. The molecule has 3 heterocycles. The van der Waals surface area contributed by atoms with Gasteiger partial charge in [-0.15, -0.1) is 0 Å². The zero-order chi connectivity index (χ0) is 28.0. The summed E-state index contributed by atoms with van der Waals surface area (Å²) in [4.78, 5) is 11.1. The molecule has 3 N–H and O–H groups in total. The van der Waals surface area contributed by atoms with Crippen LogP contribution in [0.1, 0.15) is 64.9 Å². The van der Waals surface area contributed by atoms with Crippen molar-refractivity contribution in [1.29, 1.82) is 0 Å².